The van der Waals surface area contributed by atoms with Gasteiger partial charge in [0.15, 0.2) is 6.10 Å². The van der Waals surface area contributed by atoms with Gasteiger partial charge in [0.05, 0.1) is 4.92 Å². The lowest BCUT2D eigenvalue weighted by Gasteiger charge is -2.09. The maximum absolute atomic E-state index is 13.1. The minimum absolute atomic E-state index is 0.137. The summed E-state index contributed by atoms with van der Waals surface area (Å²) in [5.41, 5.74) is -0.917. The first-order chi connectivity index (χ1) is 7.34. The van der Waals surface area contributed by atoms with E-state index < -0.39 is 28.5 Å². The Morgan fingerprint density at radius 3 is 2.56 bits per heavy atom. The average molecular weight is 229 g/mol. The molecule has 0 aliphatic rings. The van der Waals surface area contributed by atoms with E-state index in [0.29, 0.717) is 0 Å². The molecule has 0 amide bonds. The molecular formula is C9H8FNO5. The van der Waals surface area contributed by atoms with E-state index in [1.807, 2.05) is 0 Å². The van der Waals surface area contributed by atoms with Crippen molar-refractivity contribution in [3.05, 3.63) is 39.2 Å². The van der Waals surface area contributed by atoms with Crippen molar-refractivity contribution < 1.29 is 24.3 Å². The lowest BCUT2D eigenvalue weighted by molar-refractivity contribution is -0.387. The molecule has 86 valence electrons. The Morgan fingerprint density at radius 1 is 1.56 bits per heavy atom. The number of aliphatic carboxylic acids is 1. The molecule has 0 saturated heterocycles. The van der Waals surface area contributed by atoms with Crippen LogP contribution in [0.15, 0.2) is 12.1 Å². The molecule has 0 bridgehead atoms. The van der Waals surface area contributed by atoms with Crippen molar-refractivity contribution in [2.75, 3.05) is 0 Å². The molecule has 7 heteroatoms. The maximum Gasteiger partial charge on any atom is 0.337 e. The van der Waals surface area contributed by atoms with Gasteiger partial charge in [-0.1, -0.05) is 0 Å². The summed E-state index contributed by atoms with van der Waals surface area (Å²) in [5.74, 6) is -2.62. The molecule has 0 aromatic heterocycles. The molecule has 16 heavy (non-hydrogen) atoms. The molecule has 0 aliphatic heterocycles. The molecule has 1 unspecified atom stereocenters. The highest BCUT2D eigenvalue weighted by Crippen LogP contribution is 2.26. The molecular weight excluding hydrogens is 221 g/mol. The minimum atomic E-state index is -1.90. The molecule has 1 atom stereocenters. The lowest BCUT2D eigenvalue weighted by atomic mass is 10.0. The van der Waals surface area contributed by atoms with Gasteiger partial charge >= 0.3 is 11.7 Å². The molecule has 1 aromatic carbocycles. The predicted octanol–water partition coefficient (Wildman–Crippen LogP) is 1.16. The molecule has 0 saturated carbocycles. The van der Waals surface area contributed by atoms with Crippen LogP contribution in [-0.4, -0.2) is 21.1 Å². The van der Waals surface area contributed by atoms with Gasteiger partial charge in [-0.3, -0.25) is 10.1 Å². The number of nitro benzene ring substituents is 1. The van der Waals surface area contributed by atoms with Crippen molar-refractivity contribution in [3.8, 4) is 0 Å². The first-order valence-corrected chi connectivity index (χ1v) is 4.20. The number of rotatable bonds is 3. The van der Waals surface area contributed by atoms with Crippen LogP contribution in [0.25, 0.3) is 0 Å². The van der Waals surface area contributed by atoms with E-state index in [0.717, 1.165) is 12.1 Å². The highest BCUT2D eigenvalue weighted by molar-refractivity contribution is 5.75. The fourth-order valence-corrected chi connectivity index (χ4v) is 1.24. The van der Waals surface area contributed by atoms with Crippen LogP contribution < -0.4 is 0 Å². The Bertz CT molecular complexity index is 459. The number of aryl methyl sites for hydroxylation is 1. The van der Waals surface area contributed by atoms with Crippen molar-refractivity contribution in [1.29, 1.82) is 0 Å². The molecule has 0 fully saturated rings. The monoisotopic (exact) mass is 229 g/mol. The van der Waals surface area contributed by atoms with Crippen LogP contribution in [0.3, 0.4) is 0 Å². The Morgan fingerprint density at radius 2 is 2.12 bits per heavy atom. The topological polar surface area (TPSA) is 101 Å². The number of carboxylic acids is 1. The summed E-state index contributed by atoms with van der Waals surface area (Å²) in [6.07, 6.45) is -1.90. The van der Waals surface area contributed by atoms with E-state index in [1.165, 1.54) is 6.92 Å². The maximum atomic E-state index is 13.1. The zero-order chi connectivity index (χ0) is 12.5. The smallest absolute Gasteiger partial charge is 0.337 e. The minimum Gasteiger partial charge on any atom is -0.479 e. The van der Waals surface area contributed by atoms with E-state index in [4.69, 9.17) is 5.11 Å². The van der Waals surface area contributed by atoms with Gasteiger partial charge < -0.3 is 10.2 Å². The van der Waals surface area contributed by atoms with Gasteiger partial charge in [0.1, 0.15) is 0 Å². The normalized spacial score (nSPS) is 12.2. The molecule has 1 rings (SSSR count). The van der Waals surface area contributed by atoms with Gasteiger partial charge in [-0.2, -0.15) is 4.39 Å². The largest absolute Gasteiger partial charge is 0.479 e. The fourth-order valence-electron chi connectivity index (χ4n) is 1.24. The third-order valence-electron chi connectivity index (χ3n) is 2.06. The molecule has 0 heterocycles. The van der Waals surface area contributed by atoms with Crippen molar-refractivity contribution >= 4 is 11.7 Å². The summed E-state index contributed by atoms with van der Waals surface area (Å²) in [4.78, 5) is 19.9. The van der Waals surface area contributed by atoms with E-state index >= 15 is 0 Å². The zero-order valence-electron chi connectivity index (χ0n) is 8.18. The SMILES string of the molecule is Cc1cc(F)c([N+](=O)[O-])cc1C(O)C(=O)O. The van der Waals surface area contributed by atoms with E-state index in [2.05, 4.69) is 0 Å². The fraction of sp³-hybridized carbons (Fsp3) is 0.222. The Hall–Kier alpha value is -2.02. The van der Waals surface area contributed by atoms with Crippen molar-refractivity contribution in [2.24, 2.45) is 0 Å². The van der Waals surface area contributed by atoms with Gasteiger partial charge in [0.25, 0.3) is 0 Å². The molecule has 0 spiro atoms. The molecule has 2 N–H and O–H groups in total. The molecule has 0 aliphatic carbocycles. The van der Waals surface area contributed by atoms with Crippen molar-refractivity contribution in [1.82, 2.24) is 0 Å². The second kappa shape index (κ2) is 4.23. The number of benzene rings is 1. The third-order valence-corrected chi connectivity index (χ3v) is 2.06. The Kier molecular flexibility index (Phi) is 3.19. The molecule has 6 nitrogen and oxygen atoms in total. The number of halogens is 1. The van der Waals surface area contributed by atoms with Gasteiger partial charge in [-0.25, -0.2) is 4.79 Å². The van der Waals surface area contributed by atoms with Crippen molar-refractivity contribution in [3.63, 3.8) is 0 Å². The highest BCUT2D eigenvalue weighted by Gasteiger charge is 2.24. The quantitative estimate of drug-likeness (QED) is 0.598. The number of carboxylic acid groups (broad SMARTS) is 1. The second-order valence-corrected chi connectivity index (χ2v) is 3.16. The number of aliphatic hydroxyl groups is 1. The van der Waals surface area contributed by atoms with E-state index in [1.54, 1.807) is 0 Å². The zero-order valence-corrected chi connectivity index (χ0v) is 8.18. The number of aliphatic hydroxyl groups excluding tert-OH is 1. The molecule has 1 aromatic rings. The lowest BCUT2D eigenvalue weighted by Crippen LogP contribution is -2.12. The summed E-state index contributed by atoms with van der Waals surface area (Å²) >= 11 is 0. The van der Waals surface area contributed by atoms with E-state index in [9.17, 15) is 24.4 Å². The van der Waals surface area contributed by atoms with Crippen LogP contribution in [0, 0.1) is 22.9 Å². The average Bonchev–Trinajstić information content (AvgIpc) is 2.16. The highest BCUT2D eigenvalue weighted by atomic mass is 19.1. The number of hydrogen-bond acceptors (Lipinski definition) is 4. The van der Waals surface area contributed by atoms with Crippen LogP contribution in [0.1, 0.15) is 17.2 Å². The third kappa shape index (κ3) is 2.14. The van der Waals surface area contributed by atoms with Crippen LogP contribution in [0.2, 0.25) is 0 Å². The summed E-state index contributed by atoms with van der Waals surface area (Å²) in [6.45, 7) is 1.36. The van der Waals surface area contributed by atoms with Crippen molar-refractivity contribution in [2.45, 2.75) is 13.0 Å². The summed E-state index contributed by atoms with van der Waals surface area (Å²) < 4.78 is 13.1. The summed E-state index contributed by atoms with van der Waals surface area (Å²) in [6, 6.07) is 1.54. The number of nitro groups is 1. The number of carbonyl (C=O) groups is 1. The Labute approximate surface area is 89.1 Å². The first-order valence-electron chi connectivity index (χ1n) is 4.20. The summed E-state index contributed by atoms with van der Waals surface area (Å²) in [7, 11) is 0. The van der Waals surface area contributed by atoms with E-state index in [-0.39, 0.29) is 11.1 Å². The van der Waals surface area contributed by atoms with Gasteiger partial charge in [-0.05, 0) is 18.6 Å². The van der Waals surface area contributed by atoms with Gasteiger partial charge in [0, 0.05) is 11.6 Å². The summed E-state index contributed by atoms with van der Waals surface area (Å²) in [5, 5.41) is 28.2. The number of hydrogen-bond donors (Lipinski definition) is 2. The van der Waals surface area contributed by atoms with Gasteiger partial charge in [-0.15, -0.1) is 0 Å². The van der Waals surface area contributed by atoms with Gasteiger partial charge in [0.2, 0.25) is 5.82 Å². The molecule has 0 radical (unpaired) electrons. The first kappa shape index (κ1) is 12.1. The predicted molar refractivity (Wildman–Crippen MR) is 50.4 cm³/mol. The number of nitrogens with zero attached hydrogens (tertiary/aromatic N) is 1. The van der Waals surface area contributed by atoms with Crippen LogP contribution in [0.4, 0.5) is 10.1 Å². The van der Waals surface area contributed by atoms with Crippen LogP contribution in [0.5, 0.6) is 0 Å². The standard InChI is InChI=1S/C9H8FNO5/c1-4-2-6(10)7(11(15)16)3-5(4)8(12)9(13)14/h2-3,8,12H,1H3,(H,13,14). The van der Waals surface area contributed by atoms with Crippen LogP contribution >= 0.6 is 0 Å². The van der Waals surface area contributed by atoms with Crippen LogP contribution in [-0.2, 0) is 4.79 Å². The Balaban J connectivity index is 3.35. The second-order valence-electron chi connectivity index (χ2n) is 3.16.